The Bertz CT molecular complexity index is 150. The molecule has 0 aromatic rings. The third-order valence-electron chi connectivity index (χ3n) is 1.68. The van der Waals surface area contributed by atoms with E-state index in [2.05, 4.69) is 0 Å². The Kier molecular flexibility index (Phi) is 5.07. The van der Waals surface area contributed by atoms with Crippen LogP contribution in [0.4, 0.5) is 0 Å². The predicted octanol–water partition coefficient (Wildman–Crippen LogP) is 0.642. The minimum absolute atomic E-state index is 0.204. The van der Waals surface area contributed by atoms with Crippen molar-refractivity contribution in [3.05, 3.63) is 0 Å². The minimum atomic E-state index is 0.204. The quantitative estimate of drug-likeness (QED) is 0.485. The van der Waals surface area contributed by atoms with E-state index in [1.807, 2.05) is 13.8 Å². The van der Waals surface area contributed by atoms with Crippen molar-refractivity contribution in [2.24, 2.45) is 5.92 Å². The number of carbonyl (C=O) groups is 1. The second-order valence-electron chi connectivity index (χ2n) is 3.83. The Morgan fingerprint density at radius 1 is 1.29 bits per heavy atom. The molecular formula is C10H18O4. The number of ether oxygens (including phenoxy) is 3. The van der Waals surface area contributed by atoms with Gasteiger partial charge in [-0.25, -0.2) is 0 Å². The molecule has 2 heterocycles. The summed E-state index contributed by atoms with van der Waals surface area (Å²) in [6.45, 7) is 6.97. The first-order valence-corrected chi connectivity index (χ1v) is 4.98. The lowest BCUT2D eigenvalue weighted by Gasteiger charge is -1.95. The SMILES string of the molecule is C(OCC1CO1)C1CO1.CC(C)C=O. The second kappa shape index (κ2) is 6.11. The van der Waals surface area contributed by atoms with Gasteiger partial charge in [-0.15, -0.1) is 0 Å². The molecule has 0 aromatic heterocycles. The highest BCUT2D eigenvalue weighted by atomic mass is 16.6. The topological polar surface area (TPSA) is 51.4 Å². The molecule has 2 atom stereocenters. The minimum Gasteiger partial charge on any atom is -0.376 e. The zero-order chi connectivity index (χ0) is 10.4. The molecule has 0 spiro atoms. The summed E-state index contributed by atoms with van der Waals surface area (Å²) in [6.07, 6.45) is 1.70. The average Bonchev–Trinajstić information content (AvgIpc) is 2.99. The number of epoxide rings is 2. The van der Waals surface area contributed by atoms with Gasteiger partial charge in [0.15, 0.2) is 0 Å². The molecule has 2 fully saturated rings. The van der Waals surface area contributed by atoms with Crippen molar-refractivity contribution >= 4 is 6.29 Å². The van der Waals surface area contributed by atoms with Crippen LogP contribution in [0.2, 0.25) is 0 Å². The molecule has 0 bridgehead atoms. The molecule has 14 heavy (non-hydrogen) atoms. The van der Waals surface area contributed by atoms with E-state index >= 15 is 0 Å². The van der Waals surface area contributed by atoms with Crippen LogP contribution in [-0.2, 0) is 19.0 Å². The third-order valence-corrected chi connectivity index (χ3v) is 1.68. The monoisotopic (exact) mass is 202 g/mol. The maximum atomic E-state index is 9.50. The Labute approximate surface area is 84.5 Å². The fourth-order valence-corrected chi connectivity index (χ4v) is 0.659. The Balaban J connectivity index is 0.000000171. The van der Waals surface area contributed by atoms with Crippen LogP contribution in [0.25, 0.3) is 0 Å². The molecule has 2 aliphatic heterocycles. The van der Waals surface area contributed by atoms with E-state index in [0.29, 0.717) is 12.2 Å². The zero-order valence-electron chi connectivity index (χ0n) is 8.77. The van der Waals surface area contributed by atoms with Crippen molar-refractivity contribution in [2.75, 3.05) is 26.4 Å². The van der Waals surface area contributed by atoms with Crippen molar-refractivity contribution in [3.63, 3.8) is 0 Å². The van der Waals surface area contributed by atoms with Crippen LogP contribution < -0.4 is 0 Å². The van der Waals surface area contributed by atoms with Crippen molar-refractivity contribution in [2.45, 2.75) is 26.1 Å². The zero-order valence-corrected chi connectivity index (χ0v) is 8.77. The first kappa shape index (κ1) is 11.6. The van der Waals surface area contributed by atoms with Crippen LogP contribution in [0.15, 0.2) is 0 Å². The normalized spacial score (nSPS) is 27.9. The molecule has 0 aliphatic carbocycles. The molecule has 2 unspecified atom stereocenters. The number of aldehydes is 1. The van der Waals surface area contributed by atoms with Crippen LogP contribution >= 0.6 is 0 Å². The highest BCUT2D eigenvalue weighted by Gasteiger charge is 2.26. The van der Waals surface area contributed by atoms with Gasteiger partial charge in [-0.3, -0.25) is 0 Å². The third kappa shape index (κ3) is 7.00. The molecule has 2 aliphatic rings. The summed E-state index contributed by atoms with van der Waals surface area (Å²) >= 11 is 0. The fraction of sp³-hybridized carbons (Fsp3) is 0.900. The van der Waals surface area contributed by atoms with E-state index in [0.717, 1.165) is 32.7 Å². The van der Waals surface area contributed by atoms with Crippen LogP contribution in [-0.4, -0.2) is 44.9 Å². The predicted molar refractivity (Wildman–Crippen MR) is 51.2 cm³/mol. The number of hydrogen-bond acceptors (Lipinski definition) is 4. The molecule has 0 amide bonds. The van der Waals surface area contributed by atoms with Crippen LogP contribution in [0, 0.1) is 5.92 Å². The van der Waals surface area contributed by atoms with Crippen molar-refractivity contribution < 1.29 is 19.0 Å². The summed E-state index contributed by atoms with van der Waals surface area (Å²) in [5, 5.41) is 0. The first-order valence-electron chi connectivity index (χ1n) is 4.98. The van der Waals surface area contributed by atoms with E-state index in [9.17, 15) is 4.79 Å². The average molecular weight is 202 g/mol. The van der Waals surface area contributed by atoms with Gasteiger partial charge in [0.2, 0.25) is 0 Å². The maximum Gasteiger partial charge on any atom is 0.122 e. The fourth-order valence-electron chi connectivity index (χ4n) is 0.659. The van der Waals surface area contributed by atoms with E-state index < -0.39 is 0 Å². The summed E-state index contributed by atoms with van der Waals surface area (Å²) in [6, 6.07) is 0. The Hall–Kier alpha value is -0.450. The van der Waals surface area contributed by atoms with Gasteiger partial charge in [-0.2, -0.15) is 0 Å². The standard InChI is InChI=1S/C6H10O3.C4H8O/c1(5-3-8-5)7-2-6-4-9-6;1-4(2)3-5/h5-6H,1-4H2;3-4H,1-2H3. The van der Waals surface area contributed by atoms with Crippen molar-refractivity contribution in [1.82, 2.24) is 0 Å². The molecule has 0 N–H and O–H groups in total. The van der Waals surface area contributed by atoms with Crippen molar-refractivity contribution in [1.29, 1.82) is 0 Å². The summed E-state index contributed by atoms with van der Waals surface area (Å²) < 4.78 is 15.1. The number of rotatable bonds is 5. The molecule has 2 rings (SSSR count). The maximum absolute atomic E-state index is 9.50. The highest BCUT2D eigenvalue weighted by Crippen LogP contribution is 2.12. The van der Waals surface area contributed by atoms with Crippen LogP contribution in [0.5, 0.6) is 0 Å². The first-order chi connectivity index (χ1) is 6.72. The van der Waals surface area contributed by atoms with Crippen LogP contribution in [0.3, 0.4) is 0 Å². The summed E-state index contributed by atoms with van der Waals surface area (Å²) in [7, 11) is 0. The van der Waals surface area contributed by atoms with Gasteiger partial charge < -0.3 is 19.0 Å². The Morgan fingerprint density at radius 3 is 1.86 bits per heavy atom. The molecule has 4 nitrogen and oxygen atoms in total. The molecule has 4 heteroatoms. The van der Waals surface area contributed by atoms with E-state index in [-0.39, 0.29) is 5.92 Å². The molecule has 2 saturated heterocycles. The van der Waals surface area contributed by atoms with Crippen molar-refractivity contribution in [3.8, 4) is 0 Å². The van der Waals surface area contributed by atoms with E-state index in [4.69, 9.17) is 14.2 Å². The molecule has 0 radical (unpaired) electrons. The molecular weight excluding hydrogens is 184 g/mol. The van der Waals surface area contributed by atoms with E-state index in [1.54, 1.807) is 0 Å². The molecule has 82 valence electrons. The largest absolute Gasteiger partial charge is 0.376 e. The van der Waals surface area contributed by atoms with Gasteiger partial charge in [0.25, 0.3) is 0 Å². The van der Waals surface area contributed by atoms with Gasteiger partial charge in [-0.05, 0) is 0 Å². The van der Waals surface area contributed by atoms with Gasteiger partial charge >= 0.3 is 0 Å². The summed E-state index contributed by atoms with van der Waals surface area (Å²) in [5.41, 5.74) is 0. The van der Waals surface area contributed by atoms with Gasteiger partial charge in [0.05, 0.1) is 26.4 Å². The number of hydrogen-bond donors (Lipinski definition) is 0. The summed E-state index contributed by atoms with van der Waals surface area (Å²) in [5.74, 6) is 0.204. The van der Waals surface area contributed by atoms with Crippen LogP contribution in [0.1, 0.15) is 13.8 Å². The van der Waals surface area contributed by atoms with Gasteiger partial charge in [0, 0.05) is 5.92 Å². The lowest BCUT2D eigenvalue weighted by Crippen LogP contribution is -2.06. The van der Waals surface area contributed by atoms with Gasteiger partial charge in [-0.1, -0.05) is 13.8 Å². The molecule has 0 saturated carbocycles. The lowest BCUT2D eigenvalue weighted by molar-refractivity contribution is -0.110. The second-order valence-corrected chi connectivity index (χ2v) is 3.83. The smallest absolute Gasteiger partial charge is 0.122 e. The van der Waals surface area contributed by atoms with E-state index in [1.165, 1.54) is 0 Å². The van der Waals surface area contributed by atoms with Gasteiger partial charge in [0.1, 0.15) is 18.5 Å². The molecule has 0 aromatic carbocycles. The number of carbonyl (C=O) groups excluding carboxylic acids is 1. The lowest BCUT2D eigenvalue weighted by atomic mass is 10.3. The Morgan fingerprint density at radius 2 is 1.64 bits per heavy atom. The highest BCUT2D eigenvalue weighted by molar-refractivity contribution is 5.51. The summed E-state index contributed by atoms with van der Waals surface area (Å²) in [4.78, 5) is 9.50.